The predicted octanol–water partition coefficient (Wildman–Crippen LogP) is 2.29. The maximum Gasteiger partial charge on any atom is 0.408 e. The Morgan fingerprint density at radius 3 is 2.21 bits per heavy atom. The molecule has 0 unspecified atom stereocenters. The highest BCUT2D eigenvalue weighted by Gasteiger charge is 2.43. The second-order valence-corrected chi connectivity index (χ2v) is 8.46. The van der Waals surface area contributed by atoms with E-state index in [0.29, 0.717) is 0 Å². The molecule has 34 heavy (non-hydrogen) atoms. The van der Waals surface area contributed by atoms with Gasteiger partial charge in [0.15, 0.2) is 6.04 Å². The highest BCUT2D eigenvalue weighted by atomic mass is 16.5. The molecule has 9 nitrogen and oxygen atoms in total. The van der Waals surface area contributed by atoms with Crippen LogP contribution in [0, 0.1) is 0 Å². The van der Waals surface area contributed by atoms with Crippen molar-refractivity contribution < 1.29 is 33.7 Å². The second kappa shape index (κ2) is 10.2. The van der Waals surface area contributed by atoms with Gasteiger partial charge in [0.1, 0.15) is 12.1 Å². The number of carbonyl (C=O) groups excluding carboxylic acids is 2. The fourth-order valence-electron chi connectivity index (χ4n) is 4.60. The van der Waals surface area contributed by atoms with Gasteiger partial charge in [-0.15, -0.1) is 0 Å². The van der Waals surface area contributed by atoms with E-state index in [-0.39, 0.29) is 45.2 Å². The quantitative estimate of drug-likeness (QED) is 0.543. The Kier molecular flexibility index (Phi) is 7.14. The molecule has 1 fully saturated rings. The van der Waals surface area contributed by atoms with E-state index in [9.17, 15) is 19.5 Å². The maximum atomic E-state index is 13.1. The number of carboxylic acid groups (broad SMARTS) is 1. The van der Waals surface area contributed by atoms with Crippen LogP contribution in [-0.2, 0) is 23.8 Å². The van der Waals surface area contributed by atoms with Gasteiger partial charge in [-0.25, -0.2) is 9.59 Å². The molecule has 0 spiro atoms. The zero-order valence-electron chi connectivity index (χ0n) is 18.9. The molecule has 1 aliphatic carbocycles. The molecule has 4 rings (SSSR count). The third kappa shape index (κ3) is 4.76. The Bertz CT molecular complexity index is 1020. The summed E-state index contributed by atoms with van der Waals surface area (Å²) in [4.78, 5) is 37.4. The lowest BCUT2D eigenvalue weighted by molar-refractivity contribution is -0.145. The Hall–Kier alpha value is -3.43. The van der Waals surface area contributed by atoms with Crippen molar-refractivity contribution in [2.75, 3.05) is 33.5 Å². The first kappa shape index (κ1) is 23.7. The molecule has 0 aromatic heterocycles. The smallest absolute Gasteiger partial charge is 0.408 e. The Balaban J connectivity index is 1.46. The molecule has 1 atom stereocenters. The number of hydrogen-bond donors (Lipinski definition) is 3. The van der Waals surface area contributed by atoms with Gasteiger partial charge in [-0.05, 0) is 22.3 Å². The van der Waals surface area contributed by atoms with Crippen LogP contribution >= 0.6 is 0 Å². The lowest BCUT2D eigenvalue weighted by Crippen LogP contribution is -2.63. The van der Waals surface area contributed by atoms with Crippen LogP contribution in [0.2, 0.25) is 0 Å². The van der Waals surface area contributed by atoms with Gasteiger partial charge in [0.2, 0.25) is 5.91 Å². The molecule has 2 aromatic rings. The molecule has 0 saturated carbocycles. The lowest BCUT2D eigenvalue weighted by atomic mass is 9.88. The molecule has 2 aromatic carbocycles. The highest BCUT2D eigenvalue weighted by molar-refractivity contribution is 5.93. The Labute approximate surface area is 197 Å². The summed E-state index contributed by atoms with van der Waals surface area (Å²) in [6.45, 7) is 0.409. The molecule has 1 saturated heterocycles. The van der Waals surface area contributed by atoms with Gasteiger partial charge >= 0.3 is 12.1 Å². The first-order valence-electron chi connectivity index (χ1n) is 11.2. The van der Waals surface area contributed by atoms with Crippen molar-refractivity contribution >= 4 is 18.0 Å². The van der Waals surface area contributed by atoms with Gasteiger partial charge in [-0.3, -0.25) is 4.79 Å². The number of rotatable bonds is 8. The van der Waals surface area contributed by atoms with Gasteiger partial charge < -0.3 is 30.0 Å². The van der Waals surface area contributed by atoms with Crippen LogP contribution in [-0.4, -0.2) is 68.2 Å². The lowest BCUT2D eigenvalue weighted by Gasteiger charge is -2.36. The third-order valence-electron chi connectivity index (χ3n) is 6.40. The van der Waals surface area contributed by atoms with E-state index in [1.54, 1.807) is 0 Å². The number of carbonyl (C=O) groups is 3. The molecule has 3 N–H and O–H groups in total. The number of alkyl carbamates (subject to hydrolysis) is 1. The average Bonchev–Trinajstić information content (AvgIpc) is 3.16. The zero-order valence-corrected chi connectivity index (χ0v) is 18.9. The second-order valence-electron chi connectivity index (χ2n) is 8.46. The van der Waals surface area contributed by atoms with Crippen LogP contribution in [0.25, 0.3) is 11.1 Å². The number of methoxy groups -OCH3 is 1. The van der Waals surface area contributed by atoms with Crippen molar-refractivity contribution in [2.45, 2.75) is 30.3 Å². The van der Waals surface area contributed by atoms with Crippen molar-refractivity contribution in [3.63, 3.8) is 0 Å². The fraction of sp³-hybridized carbons (Fsp3) is 0.400. The molecule has 2 aliphatic rings. The predicted molar refractivity (Wildman–Crippen MR) is 122 cm³/mol. The molecule has 9 heteroatoms. The minimum Gasteiger partial charge on any atom is -0.480 e. The standard InChI is InChI=1S/C25H28N2O7/c1-32-15-21(22(28)29)26-23(30)25(10-12-33-13-11-25)27-24(31)34-14-20-18-8-4-2-6-16(18)17-7-3-5-9-19(17)20/h2-9,20-21H,10-15H2,1H3,(H,26,30)(H,27,31)(H,28,29)/t21-/m0/s1. The average molecular weight is 469 g/mol. The monoisotopic (exact) mass is 468 g/mol. The van der Waals surface area contributed by atoms with E-state index in [4.69, 9.17) is 14.2 Å². The minimum absolute atomic E-state index is 0.107. The van der Waals surface area contributed by atoms with Crippen molar-refractivity contribution in [3.8, 4) is 11.1 Å². The fourth-order valence-corrected chi connectivity index (χ4v) is 4.60. The number of benzene rings is 2. The molecule has 0 bridgehead atoms. The normalized spacial score (nSPS) is 17.2. The van der Waals surface area contributed by atoms with Gasteiger partial charge in [0.05, 0.1) is 6.61 Å². The Morgan fingerprint density at radius 1 is 1.06 bits per heavy atom. The van der Waals surface area contributed by atoms with Crippen molar-refractivity contribution in [2.24, 2.45) is 0 Å². The van der Waals surface area contributed by atoms with E-state index >= 15 is 0 Å². The van der Waals surface area contributed by atoms with Crippen LogP contribution in [0.5, 0.6) is 0 Å². The number of ether oxygens (including phenoxy) is 3. The highest BCUT2D eigenvalue weighted by Crippen LogP contribution is 2.44. The number of amides is 2. The summed E-state index contributed by atoms with van der Waals surface area (Å²) < 4.78 is 15.9. The number of aliphatic carboxylic acids is 1. The number of fused-ring (bicyclic) bond motifs is 3. The first-order valence-corrected chi connectivity index (χ1v) is 11.2. The summed E-state index contributed by atoms with van der Waals surface area (Å²) in [6, 6.07) is 14.8. The first-order chi connectivity index (χ1) is 16.4. The van der Waals surface area contributed by atoms with Crippen molar-refractivity contribution in [1.29, 1.82) is 0 Å². The van der Waals surface area contributed by atoms with E-state index in [1.165, 1.54) is 7.11 Å². The summed E-state index contributed by atoms with van der Waals surface area (Å²) in [6.07, 6.45) is -0.345. The van der Waals surface area contributed by atoms with Crippen LogP contribution < -0.4 is 10.6 Å². The topological polar surface area (TPSA) is 123 Å². The van der Waals surface area contributed by atoms with Crippen LogP contribution in [0.15, 0.2) is 48.5 Å². The van der Waals surface area contributed by atoms with Crippen LogP contribution in [0.1, 0.15) is 29.9 Å². The van der Waals surface area contributed by atoms with Gasteiger partial charge in [0.25, 0.3) is 0 Å². The summed E-state index contributed by atoms with van der Waals surface area (Å²) in [7, 11) is 1.35. The molecule has 180 valence electrons. The number of hydrogen-bond acceptors (Lipinski definition) is 6. The molecule has 0 radical (unpaired) electrons. The molecular formula is C25H28N2O7. The summed E-state index contributed by atoms with van der Waals surface area (Å²) >= 11 is 0. The van der Waals surface area contributed by atoms with Gasteiger partial charge in [-0.1, -0.05) is 48.5 Å². The SMILES string of the molecule is COC[C@H](NC(=O)C1(NC(=O)OCC2c3ccccc3-c3ccccc32)CCOCC1)C(=O)O. The largest absolute Gasteiger partial charge is 0.480 e. The van der Waals surface area contributed by atoms with Crippen LogP contribution in [0.3, 0.4) is 0 Å². The van der Waals surface area contributed by atoms with Crippen molar-refractivity contribution in [1.82, 2.24) is 10.6 Å². The van der Waals surface area contributed by atoms with E-state index < -0.39 is 29.6 Å². The van der Waals surface area contributed by atoms with Crippen LogP contribution in [0.4, 0.5) is 4.79 Å². The van der Waals surface area contributed by atoms with E-state index in [0.717, 1.165) is 22.3 Å². The maximum absolute atomic E-state index is 13.1. The number of carboxylic acids is 1. The summed E-state index contributed by atoms with van der Waals surface area (Å²) in [5.74, 6) is -1.94. The third-order valence-corrected chi connectivity index (χ3v) is 6.40. The summed E-state index contributed by atoms with van der Waals surface area (Å²) in [5, 5.41) is 14.5. The van der Waals surface area contributed by atoms with Gasteiger partial charge in [-0.2, -0.15) is 0 Å². The van der Waals surface area contributed by atoms with E-state index in [1.807, 2.05) is 36.4 Å². The minimum atomic E-state index is -1.33. The molecule has 2 amide bonds. The molecule has 1 heterocycles. The Morgan fingerprint density at radius 2 is 1.65 bits per heavy atom. The number of nitrogens with one attached hydrogen (secondary N) is 2. The van der Waals surface area contributed by atoms with Crippen molar-refractivity contribution in [3.05, 3.63) is 59.7 Å². The molecular weight excluding hydrogens is 440 g/mol. The van der Waals surface area contributed by atoms with E-state index in [2.05, 4.69) is 22.8 Å². The molecule has 1 aliphatic heterocycles. The summed E-state index contributed by atoms with van der Waals surface area (Å²) in [5.41, 5.74) is 3.07. The zero-order chi connectivity index (χ0) is 24.1. The van der Waals surface area contributed by atoms with Gasteiger partial charge in [0, 0.05) is 39.1 Å².